The lowest BCUT2D eigenvalue weighted by atomic mass is 9.92. The van der Waals surface area contributed by atoms with Crippen LogP contribution in [0.2, 0.25) is 0 Å². The van der Waals surface area contributed by atoms with Crippen molar-refractivity contribution in [3.63, 3.8) is 0 Å². The van der Waals surface area contributed by atoms with E-state index in [0.29, 0.717) is 39.7 Å². The van der Waals surface area contributed by atoms with Gasteiger partial charge in [0.25, 0.3) is 5.56 Å². The topological polar surface area (TPSA) is 147 Å². The number of amides is 2. The van der Waals surface area contributed by atoms with Crippen molar-refractivity contribution in [2.24, 2.45) is 16.1 Å². The number of ether oxygens (including phenoxy) is 1. The first-order valence-corrected chi connectivity index (χ1v) is 13.3. The lowest BCUT2D eigenvalue weighted by molar-refractivity contribution is 0.256. The van der Waals surface area contributed by atoms with Gasteiger partial charge >= 0.3 is 6.03 Å². The van der Waals surface area contributed by atoms with E-state index in [-0.39, 0.29) is 16.8 Å². The number of anilines is 1. The number of halogens is 1. The monoisotopic (exact) mass is 561 g/mol. The van der Waals surface area contributed by atoms with Crippen molar-refractivity contribution >= 4 is 46.2 Å². The molecule has 0 bridgehead atoms. The minimum Gasteiger partial charge on any atom is -0.455 e. The number of rotatable bonds is 6. The van der Waals surface area contributed by atoms with Crippen LogP contribution >= 0.6 is 11.8 Å². The first-order valence-electron chi connectivity index (χ1n) is 12.1. The molecule has 0 fully saturated rings. The van der Waals surface area contributed by atoms with Gasteiger partial charge in [0, 0.05) is 34.3 Å². The summed E-state index contributed by atoms with van der Waals surface area (Å²) in [5.74, 6) is 0.600. The molecule has 0 saturated heterocycles. The van der Waals surface area contributed by atoms with Gasteiger partial charge in [-0.25, -0.2) is 24.1 Å². The summed E-state index contributed by atoms with van der Waals surface area (Å²) in [7, 11) is 0. The van der Waals surface area contributed by atoms with E-state index in [1.54, 1.807) is 36.4 Å². The summed E-state index contributed by atoms with van der Waals surface area (Å²) >= 11 is 1.40. The normalized spacial score (nSPS) is 12.3. The van der Waals surface area contributed by atoms with E-state index in [1.165, 1.54) is 36.2 Å². The van der Waals surface area contributed by atoms with Crippen LogP contribution in [0.3, 0.4) is 0 Å². The lowest BCUT2D eigenvalue weighted by Crippen LogP contribution is -2.34. The van der Waals surface area contributed by atoms with Crippen molar-refractivity contribution in [3.05, 3.63) is 88.9 Å². The number of hydrogen-bond acceptors (Lipinski definition) is 8. The summed E-state index contributed by atoms with van der Waals surface area (Å²) in [5.41, 5.74) is 7.52. The molecular formula is C28H28FN7O3S. The van der Waals surface area contributed by atoms with E-state index < -0.39 is 11.8 Å². The van der Waals surface area contributed by atoms with Gasteiger partial charge in [-0.15, -0.1) is 11.8 Å². The maximum atomic E-state index is 13.7. The number of nitrogens with two attached hydrogens (primary N) is 1. The van der Waals surface area contributed by atoms with Gasteiger partial charge in [-0.3, -0.25) is 10.1 Å². The molecule has 5 N–H and O–H groups in total. The van der Waals surface area contributed by atoms with Crippen LogP contribution in [0.15, 0.2) is 87.4 Å². The Bertz CT molecular complexity index is 1680. The maximum Gasteiger partial charge on any atom is 0.324 e. The highest BCUT2D eigenvalue weighted by Crippen LogP contribution is 2.33. The van der Waals surface area contributed by atoms with E-state index in [1.807, 2.05) is 27.0 Å². The Morgan fingerprint density at radius 3 is 2.70 bits per heavy atom. The van der Waals surface area contributed by atoms with Crippen molar-refractivity contribution in [2.45, 2.75) is 25.7 Å². The molecule has 4 aromatic rings. The number of carbonyl (C=O) groups excluding carboxylic acids is 1. The molecule has 0 spiro atoms. The Balaban J connectivity index is 1.56. The number of hydrogen-bond donors (Lipinski definition) is 4. The van der Waals surface area contributed by atoms with Gasteiger partial charge in [-0.2, -0.15) is 0 Å². The molecule has 0 aliphatic carbocycles. The predicted octanol–water partition coefficient (Wildman–Crippen LogP) is 5.71. The number of thioether (sulfide) groups is 1. The van der Waals surface area contributed by atoms with E-state index in [2.05, 4.69) is 30.6 Å². The smallest absolute Gasteiger partial charge is 0.324 e. The second-order valence-electron chi connectivity index (χ2n) is 9.62. The predicted molar refractivity (Wildman–Crippen MR) is 156 cm³/mol. The summed E-state index contributed by atoms with van der Waals surface area (Å²) in [6, 6.07) is 11.9. The highest BCUT2D eigenvalue weighted by Gasteiger charge is 2.16. The number of benzene rings is 2. The molecule has 0 aliphatic heterocycles. The first-order chi connectivity index (χ1) is 19.0. The Morgan fingerprint density at radius 2 is 1.98 bits per heavy atom. The summed E-state index contributed by atoms with van der Waals surface area (Å²) in [6.07, 6.45) is 6.08. The van der Waals surface area contributed by atoms with Crippen LogP contribution in [0.1, 0.15) is 20.8 Å². The first kappa shape index (κ1) is 28.3. The number of aromatic amines is 1. The number of aliphatic imine (C=N–C) groups is 1. The number of H-pyrrole nitrogens is 1. The zero-order valence-electron chi connectivity index (χ0n) is 22.3. The molecule has 0 saturated carbocycles. The van der Waals surface area contributed by atoms with Gasteiger partial charge in [0.1, 0.15) is 22.9 Å². The number of urea groups is 1. The minimum atomic E-state index is -0.564. The Morgan fingerprint density at radius 1 is 1.18 bits per heavy atom. The molecule has 0 radical (unpaired) electrons. The molecule has 206 valence electrons. The van der Waals surface area contributed by atoms with E-state index >= 15 is 0 Å². The van der Waals surface area contributed by atoms with Crippen LogP contribution in [0.25, 0.3) is 11.2 Å². The number of nitrogens with one attached hydrogen (secondary N) is 3. The third kappa shape index (κ3) is 7.23. The van der Waals surface area contributed by atoms with Crippen molar-refractivity contribution in [1.29, 1.82) is 0 Å². The maximum absolute atomic E-state index is 13.7. The van der Waals surface area contributed by atoms with Gasteiger partial charge in [0.05, 0.1) is 17.6 Å². The molecule has 0 atom stereocenters. The van der Waals surface area contributed by atoms with Crippen LogP contribution in [-0.4, -0.2) is 33.1 Å². The molecule has 4 rings (SSSR count). The van der Waals surface area contributed by atoms with Gasteiger partial charge in [0.15, 0.2) is 11.4 Å². The van der Waals surface area contributed by atoms with Crippen LogP contribution in [-0.2, 0) is 0 Å². The molecule has 10 nitrogen and oxygen atoms in total. The SMILES string of the molecule is CSc1cc(Oc2ccnc3[nH]c(=O)cnc23)ccc1NC(=O)NC(/C=C(\N)C(C)(C)C)=Nc1cccc(F)c1. The molecule has 0 unspecified atom stereocenters. The van der Waals surface area contributed by atoms with Crippen LogP contribution < -0.4 is 26.7 Å². The van der Waals surface area contributed by atoms with Crippen LogP contribution in [0.5, 0.6) is 11.5 Å². The highest BCUT2D eigenvalue weighted by atomic mass is 32.2. The standard InChI is InChI=1S/C28H28FN7O3S/c1-28(2,3)22(30)14-23(33-17-7-5-6-16(29)12-17)35-27(38)34-19-9-8-18(13-21(19)40-4)39-20-10-11-31-26-25(20)32-15-24(37)36-26/h5-15H,30H2,1-4H3,(H,31,36,37)(H2,33,34,35,38)/b22-14-. The number of carbonyl (C=O) groups is 1. The van der Waals surface area contributed by atoms with Crippen molar-refractivity contribution in [1.82, 2.24) is 20.3 Å². The fraction of sp³-hybridized carbons (Fsp3) is 0.179. The quantitative estimate of drug-likeness (QED) is 0.134. The van der Waals surface area contributed by atoms with Crippen LogP contribution in [0.4, 0.5) is 20.6 Å². The lowest BCUT2D eigenvalue weighted by Gasteiger charge is -2.19. The summed E-state index contributed by atoms with van der Waals surface area (Å²) < 4.78 is 19.7. The fourth-order valence-electron chi connectivity index (χ4n) is 3.39. The summed E-state index contributed by atoms with van der Waals surface area (Å²) in [5, 5.41) is 5.52. The molecule has 2 aromatic heterocycles. The van der Waals surface area contributed by atoms with E-state index in [0.717, 1.165) is 11.1 Å². The van der Waals surface area contributed by atoms with E-state index in [9.17, 15) is 14.0 Å². The average Bonchev–Trinajstić information content (AvgIpc) is 2.89. The largest absolute Gasteiger partial charge is 0.455 e. The second-order valence-corrected chi connectivity index (χ2v) is 10.5. The number of aromatic nitrogens is 3. The van der Waals surface area contributed by atoms with Crippen molar-refractivity contribution in [3.8, 4) is 11.5 Å². The second kappa shape index (κ2) is 12.0. The average molecular weight is 562 g/mol. The van der Waals surface area contributed by atoms with Gasteiger partial charge in [-0.1, -0.05) is 26.8 Å². The number of nitrogens with zero attached hydrogens (tertiary/aromatic N) is 3. The summed E-state index contributed by atoms with van der Waals surface area (Å²) in [4.78, 5) is 40.5. The summed E-state index contributed by atoms with van der Waals surface area (Å²) in [6.45, 7) is 5.78. The molecular weight excluding hydrogens is 533 g/mol. The zero-order valence-corrected chi connectivity index (χ0v) is 23.1. The molecule has 2 heterocycles. The number of fused-ring (bicyclic) bond motifs is 1. The molecule has 2 amide bonds. The third-order valence-electron chi connectivity index (χ3n) is 5.55. The zero-order chi connectivity index (χ0) is 28.9. The third-order valence-corrected chi connectivity index (χ3v) is 6.32. The van der Waals surface area contributed by atoms with Gasteiger partial charge < -0.3 is 20.8 Å². The van der Waals surface area contributed by atoms with Crippen LogP contribution in [0, 0.1) is 11.2 Å². The van der Waals surface area contributed by atoms with Gasteiger partial charge in [-0.05, 0) is 42.7 Å². The Labute approximate surface area is 234 Å². The molecule has 40 heavy (non-hydrogen) atoms. The number of pyridine rings is 1. The van der Waals surface area contributed by atoms with Crippen molar-refractivity contribution in [2.75, 3.05) is 11.6 Å². The minimum absolute atomic E-state index is 0.149. The molecule has 0 aliphatic rings. The van der Waals surface area contributed by atoms with Crippen molar-refractivity contribution < 1.29 is 13.9 Å². The highest BCUT2D eigenvalue weighted by molar-refractivity contribution is 7.98. The molecule has 12 heteroatoms. The van der Waals surface area contributed by atoms with E-state index in [4.69, 9.17) is 10.5 Å². The Kier molecular flexibility index (Phi) is 8.49. The van der Waals surface area contributed by atoms with Gasteiger partial charge in [0.2, 0.25) is 0 Å². The number of allylic oxidation sites excluding steroid dienone is 1. The fourth-order valence-corrected chi connectivity index (χ4v) is 3.96. The number of amidine groups is 1. The Hall–Kier alpha value is -4.71. The molecule has 2 aromatic carbocycles.